The van der Waals surface area contributed by atoms with E-state index in [2.05, 4.69) is 84.3 Å². The number of esters is 1. The Labute approximate surface area is 188 Å². The first-order valence-electron chi connectivity index (χ1n) is 10.6. The van der Waals surface area contributed by atoms with Gasteiger partial charge in [0, 0.05) is 48.8 Å². The van der Waals surface area contributed by atoms with Gasteiger partial charge in [-0.1, -0.05) is 45.9 Å². The standard InChI is InChI=1S/C24H31N2O2S2/c1-3-26(4-2)22-11-9-20(10-12-22)7-8-21-13-16-25(17-14-21)15-5-6-24(27)28-23-18-29-30-19-23/h7-14,16-17,23H,3-6,15,18-19H2,1-2H3/q+1. The molecule has 160 valence electrons. The summed E-state index contributed by atoms with van der Waals surface area (Å²) < 4.78 is 7.59. The molecular formula is C24H31N2O2S2+. The fraction of sp³-hybridized carbons (Fsp3) is 0.417. The lowest BCUT2D eigenvalue weighted by Crippen LogP contribution is -2.33. The van der Waals surface area contributed by atoms with Crippen molar-refractivity contribution in [3.8, 4) is 0 Å². The summed E-state index contributed by atoms with van der Waals surface area (Å²) in [5, 5.41) is 0. The zero-order valence-corrected chi connectivity index (χ0v) is 19.5. The molecule has 2 heterocycles. The number of anilines is 1. The fourth-order valence-corrected chi connectivity index (χ4v) is 5.83. The van der Waals surface area contributed by atoms with Gasteiger partial charge < -0.3 is 9.64 Å². The Morgan fingerprint density at radius 2 is 1.63 bits per heavy atom. The Morgan fingerprint density at radius 3 is 2.23 bits per heavy atom. The average Bonchev–Trinajstić information content (AvgIpc) is 3.28. The van der Waals surface area contributed by atoms with Crippen LogP contribution in [0.2, 0.25) is 0 Å². The third kappa shape index (κ3) is 7.10. The molecule has 6 heteroatoms. The van der Waals surface area contributed by atoms with Crippen LogP contribution >= 0.6 is 21.6 Å². The van der Waals surface area contributed by atoms with Crippen molar-refractivity contribution >= 4 is 45.4 Å². The normalized spacial score (nSPS) is 14.3. The number of rotatable bonds is 10. The number of nitrogens with zero attached hydrogens (tertiary/aromatic N) is 2. The second-order valence-electron chi connectivity index (χ2n) is 7.25. The van der Waals surface area contributed by atoms with Crippen LogP contribution in [0.3, 0.4) is 0 Å². The Kier molecular flexibility index (Phi) is 9.15. The maximum Gasteiger partial charge on any atom is 0.306 e. The van der Waals surface area contributed by atoms with Crippen LogP contribution in [0.15, 0.2) is 48.8 Å². The van der Waals surface area contributed by atoms with Crippen LogP contribution in [-0.2, 0) is 16.1 Å². The number of benzene rings is 1. The summed E-state index contributed by atoms with van der Waals surface area (Å²) in [5.74, 6) is 1.76. The summed E-state index contributed by atoms with van der Waals surface area (Å²) in [6.45, 7) is 7.23. The number of hydrogen-bond acceptors (Lipinski definition) is 5. The molecule has 1 aliphatic heterocycles. The van der Waals surface area contributed by atoms with E-state index in [1.54, 1.807) is 21.6 Å². The molecule has 30 heavy (non-hydrogen) atoms. The van der Waals surface area contributed by atoms with Crippen molar-refractivity contribution in [2.45, 2.75) is 39.3 Å². The summed E-state index contributed by atoms with van der Waals surface area (Å²) in [6, 6.07) is 12.9. The van der Waals surface area contributed by atoms with Gasteiger partial charge in [-0.3, -0.25) is 4.79 Å². The van der Waals surface area contributed by atoms with Crippen molar-refractivity contribution < 1.29 is 14.1 Å². The number of ether oxygens (including phenoxy) is 1. The van der Waals surface area contributed by atoms with Crippen LogP contribution in [0.25, 0.3) is 12.2 Å². The maximum absolute atomic E-state index is 11.9. The topological polar surface area (TPSA) is 33.4 Å². The Morgan fingerprint density at radius 1 is 1.03 bits per heavy atom. The van der Waals surface area contributed by atoms with Gasteiger partial charge in [0.05, 0.1) is 6.42 Å². The van der Waals surface area contributed by atoms with Crippen LogP contribution in [0.5, 0.6) is 0 Å². The zero-order chi connectivity index (χ0) is 21.2. The van der Waals surface area contributed by atoms with Crippen LogP contribution < -0.4 is 9.47 Å². The zero-order valence-electron chi connectivity index (χ0n) is 17.8. The third-order valence-corrected chi connectivity index (χ3v) is 7.59. The molecule has 0 N–H and O–H groups in total. The molecule has 4 nitrogen and oxygen atoms in total. The second-order valence-corrected chi connectivity index (χ2v) is 9.80. The monoisotopic (exact) mass is 443 g/mol. The van der Waals surface area contributed by atoms with Gasteiger partial charge in [-0.2, -0.15) is 0 Å². The molecule has 2 aromatic rings. The summed E-state index contributed by atoms with van der Waals surface area (Å²) in [5.41, 5.74) is 3.62. The SMILES string of the molecule is CCN(CC)c1ccc(/C=C/c2cc[n+](CCCC(=O)OC3CSSC3)cc2)cc1. The number of aryl methyl sites for hydroxylation is 1. The van der Waals surface area contributed by atoms with Crippen molar-refractivity contribution in [2.75, 3.05) is 29.5 Å². The predicted octanol–water partition coefficient (Wildman–Crippen LogP) is 5.08. The first-order chi connectivity index (χ1) is 14.7. The molecule has 1 saturated heterocycles. The van der Waals surface area contributed by atoms with Gasteiger partial charge in [-0.25, -0.2) is 4.57 Å². The van der Waals surface area contributed by atoms with Gasteiger partial charge >= 0.3 is 5.97 Å². The van der Waals surface area contributed by atoms with E-state index >= 15 is 0 Å². The highest BCUT2D eigenvalue weighted by molar-refractivity contribution is 8.77. The average molecular weight is 444 g/mol. The number of carbonyl (C=O) groups is 1. The molecule has 0 atom stereocenters. The minimum absolute atomic E-state index is 0.0738. The molecule has 1 aromatic carbocycles. The molecule has 0 bridgehead atoms. The summed E-state index contributed by atoms with van der Waals surface area (Å²) in [6.07, 6.45) is 9.78. The lowest BCUT2D eigenvalue weighted by atomic mass is 10.1. The molecule has 1 aromatic heterocycles. The molecule has 0 radical (unpaired) electrons. The molecule has 0 aliphatic carbocycles. The first-order valence-corrected chi connectivity index (χ1v) is 13.1. The number of carbonyl (C=O) groups excluding carboxylic acids is 1. The molecular weight excluding hydrogens is 412 g/mol. The van der Waals surface area contributed by atoms with E-state index in [0.717, 1.165) is 43.1 Å². The number of aromatic nitrogens is 1. The minimum atomic E-state index is -0.0738. The first kappa shape index (κ1) is 22.8. The van der Waals surface area contributed by atoms with E-state index in [0.29, 0.717) is 6.42 Å². The second kappa shape index (κ2) is 12.1. The lowest BCUT2D eigenvalue weighted by Gasteiger charge is -2.20. The van der Waals surface area contributed by atoms with Crippen molar-refractivity contribution in [1.29, 1.82) is 0 Å². The van der Waals surface area contributed by atoms with Crippen LogP contribution in [0.1, 0.15) is 37.8 Å². The minimum Gasteiger partial charge on any atom is -0.461 e. The Hall–Kier alpha value is -1.92. The van der Waals surface area contributed by atoms with E-state index in [4.69, 9.17) is 4.74 Å². The molecule has 0 amide bonds. The van der Waals surface area contributed by atoms with Crippen LogP contribution in [-0.4, -0.2) is 36.7 Å². The van der Waals surface area contributed by atoms with E-state index in [1.807, 2.05) is 0 Å². The molecule has 0 saturated carbocycles. The van der Waals surface area contributed by atoms with Gasteiger partial charge in [-0.05, 0) is 37.1 Å². The molecule has 1 fully saturated rings. The highest BCUT2D eigenvalue weighted by Crippen LogP contribution is 2.32. The smallest absolute Gasteiger partial charge is 0.306 e. The van der Waals surface area contributed by atoms with Gasteiger partial charge in [-0.15, -0.1) is 0 Å². The van der Waals surface area contributed by atoms with Gasteiger partial charge in [0.15, 0.2) is 12.4 Å². The van der Waals surface area contributed by atoms with E-state index in [-0.39, 0.29) is 12.1 Å². The maximum atomic E-state index is 11.9. The summed E-state index contributed by atoms with van der Waals surface area (Å²) in [7, 11) is 3.56. The summed E-state index contributed by atoms with van der Waals surface area (Å²) >= 11 is 0. The highest BCUT2D eigenvalue weighted by atomic mass is 33.1. The molecule has 0 spiro atoms. The van der Waals surface area contributed by atoms with Crippen molar-refractivity contribution in [2.24, 2.45) is 0 Å². The van der Waals surface area contributed by atoms with E-state index in [9.17, 15) is 4.79 Å². The molecule has 1 aliphatic rings. The molecule has 0 unspecified atom stereocenters. The predicted molar refractivity (Wildman–Crippen MR) is 130 cm³/mol. The molecule has 3 rings (SSSR count). The third-order valence-electron chi connectivity index (χ3n) is 5.09. The quantitative estimate of drug-likeness (QED) is 0.291. The van der Waals surface area contributed by atoms with E-state index in [1.165, 1.54) is 11.3 Å². The number of hydrogen-bond donors (Lipinski definition) is 0. The van der Waals surface area contributed by atoms with E-state index < -0.39 is 0 Å². The van der Waals surface area contributed by atoms with Crippen molar-refractivity contribution in [1.82, 2.24) is 0 Å². The number of pyridine rings is 1. The highest BCUT2D eigenvalue weighted by Gasteiger charge is 2.20. The van der Waals surface area contributed by atoms with Crippen molar-refractivity contribution in [3.05, 3.63) is 59.9 Å². The van der Waals surface area contributed by atoms with Gasteiger partial charge in [0.1, 0.15) is 12.6 Å². The van der Waals surface area contributed by atoms with Crippen LogP contribution in [0, 0.1) is 0 Å². The largest absolute Gasteiger partial charge is 0.461 e. The van der Waals surface area contributed by atoms with Crippen LogP contribution in [0.4, 0.5) is 5.69 Å². The van der Waals surface area contributed by atoms with Gasteiger partial charge in [0.2, 0.25) is 0 Å². The fourth-order valence-electron chi connectivity index (χ4n) is 3.32. The van der Waals surface area contributed by atoms with Crippen molar-refractivity contribution in [3.63, 3.8) is 0 Å². The van der Waals surface area contributed by atoms with Gasteiger partial charge in [0.25, 0.3) is 0 Å². The Bertz CT molecular complexity index is 812. The summed E-state index contributed by atoms with van der Waals surface area (Å²) in [4.78, 5) is 14.2. The lowest BCUT2D eigenvalue weighted by molar-refractivity contribution is -0.697. The Balaban J connectivity index is 1.44.